The summed E-state index contributed by atoms with van der Waals surface area (Å²) in [5.74, 6) is 0.727. The van der Waals surface area contributed by atoms with Crippen LogP contribution in [0.4, 0.5) is 0 Å². The minimum absolute atomic E-state index is 0.171. The Balaban J connectivity index is 1.82. The van der Waals surface area contributed by atoms with Gasteiger partial charge in [0.1, 0.15) is 11.4 Å². The van der Waals surface area contributed by atoms with Gasteiger partial charge in [0.15, 0.2) is 0 Å². The topological polar surface area (TPSA) is 84.4 Å². The first-order valence-corrected chi connectivity index (χ1v) is 9.29. The van der Waals surface area contributed by atoms with E-state index in [1.165, 1.54) is 0 Å². The normalized spacial score (nSPS) is 12.5. The number of nitrogens with one attached hydrogen (secondary N) is 1. The van der Waals surface area contributed by atoms with Crippen LogP contribution in [0.15, 0.2) is 59.3 Å². The number of aromatic nitrogens is 2. The molecular formula is C17H17N3O3S. The fourth-order valence-corrected chi connectivity index (χ4v) is 2.90. The lowest BCUT2D eigenvalue weighted by molar-refractivity contribution is 0.531. The van der Waals surface area contributed by atoms with Crippen LogP contribution < -0.4 is 4.74 Å². The van der Waals surface area contributed by atoms with Crippen molar-refractivity contribution in [1.82, 2.24) is 9.97 Å². The molecule has 3 aromatic rings. The number of pyridine rings is 1. The second-order valence-corrected chi connectivity index (χ2v) is 6.99. The predicted molar refractivity (Wildman–Crippen MR) is 93.8 cm³/mol. The molecule has 0 saturated carbocycles. The molecule has 124 valence electrons. The molecule has 2 aromatic heterocycles. The Morgan fingerprint density at radius 1 is 1.21 bits per heavy atom. The van der Waals surface area contributed by atoms with Crippen molar-refractivity contribution < 1.29 is 13.2 Å². The number of benzene rings is 1. The molecule has 0 aliphatic heterocycles. The van der Waals surface area contributed by atoms with Crippen LogP contribution in [0.25, 0.3) is 11.0 Å². The van der Waals surface area contributed by atoms with E-state index in [1.54, 1.807) is 18.3 Å². The lowest BCUT2D eigenvalue weighted by atomic mass is 10.1. The molecule has 0 saturated heterocycles. The van der Waals surface area contributed by atoms with E-state index in [4.69, 9.17) is 4.74 Å². The Morgan fingerprint density at radius 2 is 2.00 bits per heavy atom. The van der Waals surface area contributed by atoms with E-state index < -0.39 is 10.0 Å². The van der Waals surface area contributed by atoms with Gasteiger partial charge in [0, 0.05) is 24.2 Å². The van der Waals surface area contributed by atoms with Crippen LogP contribution in [0.5, 0.6) is 5.75 Å². The number of rotatable bonds is 5. The summed E-state index contributed by atoms with van der Waals surface area (Å²) in [6, 6.07) is 12.9. The maximum Gasteiger partial charge on any atom is 0.253 e. The van der Waals surface area contributed by atoms with Crippen molar-refractivity contribution in [3.63, 3.8) is 0 Å². The van der Waals surface area contributed by atoms with E-state index in [9.17, 15) is 8.42 Å². The third-order valence-corrected chi connectivity index (χ3v) is 3.94. The summed E-state index contributed by atoms with van der Waals surface area (Å²) in [6.45, 7) is 0. The first kappa shape index (κ1) is 16.2. The fourth-order valence-electron chi connectivity index (χ4n) is 2.40. The first-order valence-electron chi connectivity index (χ1n) is 7.44. The Morgan fingerprint density at radius 3 is 2.75 bits per heavy atom. The van der Waals surface area contributed by atoms with Gasteiger partial charge in [-0.3, -0.25) is 0 Å². The molecule has 0 radical (unpaired) electrons. The molecule has 0 amide bonds. The van der Waals surface area contributed by atoms with Gasteiger partial charge in [-0.15, -0.1) is 4.40 Å². The summed E-state index contributed by atoms with van der Waals surface area (Å²) in [6.07, 6.45) is 5.56. The largest absolute Gasteiger partial charge is 0.442 e. The smallest absolute Gasteiger partial charge is 0.253 e. The molecule has 0 fully saturated rings. The van der Waals surface area contributed by atoms with Crippen LogP contribution in [-0.4, -0.2) is 30.5 Å². The van der Waals surface area contributed by atoms with E-state index in [1.807, 2.05) is 36.5 Å². The van der Waals surface area contributed by atoms with Gasteiger partial charge < -0.3 is 9.72 Å². The molecule has 24 heavy (non-hydrogen) atoms. The number of aryl methyl sites for hydroxylation is 1. The Labute approximate surface area is 140 Å². The number of hydrogen-bond donors (Lipinski definition) is 1. The van der Waals surface area contributed by atoms with Crippen LogP contribution in [0.1, 0.15) is 12.0 Å². The number of para-hydroxylation sites is 1. The van der Waals surface area contributed by atoms with Gasteiger partial charge in [-0.25, -0.2) is 13.4 Å². The molecule has 1 N–H and O–H groups in total. The maximum absolute atomic E-state index is 11.5. The Bertz CT molecular complexity index is 963. The van der Waals surface area contributed by atoms with Gasteiger partial charge in [-0.1, -0.05) is 18.2 Å². The molecule has 0 atom stereocenters. The first-order chi connectivity index (χ1) is 11.5. The standard InChI is InChI=1S/C17H17N3O3S/c1-24(21,22)20-16(23-14-5-3-2-4-6-14)8-7-13-9-11-18-17-15(13)10-12-19-17/h2-6,9-12H,7-8H2,1H3,(H,18,19). The summed E-state index contributed by atoms with van der Waals surface area (Å²) in [5, 5.41) is 1.01. The molecule has 6 nitrogen and oxygen atoms in total. The maximum atomic E-state index is 11.5. The third kappa shape index (κ3) is 4.20. The monoisotopic (exact) mass is 343 g/mol. The zero-order valence-electron chi connectivity index (χ0n) is 13.1. The number of fused-ring (bicyclic) bond motifs is 1. The summed E-state index contributed by atoms with van der Waals surface area (Å²) < 4.78 is 32.4. The van der Waals surface area contributed by atoms with E-state index in [0.29, 0.717) is 18.6 Å². The number of sulfonamides is 1. The minimum atomic E-state index is -3.54. The summed E-state index contributed by atoms with van der Waals surface area (Å²) in [7, 11) is -3.54. The molecular weight excluding hydrogens is 326 g/mol. The summed E-state index contributed by atoms with van der Waals surface area (Å²) >= 11 is 0. The lowest BCUT2D eigenvalue weighted by Gasteiger charge is -2.09. The fraction of sp³-hybridized carbons (Fsp3) is 0.176. The number of ether oxygens (including phenoxy) is 1. The number of hydrogen-bond acceptors (Lipinski definition) is 4. The average Bonchev–Trinajstić information content (AvgIpc) is 3.01. The van der Waals surface area contributed by atoms with Crippen molar-refractivity contribution in [2.75, 3.05) is 6.26 Å². The summed E-state index contributed by atoms with van der Waals surface area (Å²) in [4.78, 5) is 7.30. The Kier molecular flexibility index (Phi) is 4.61. The van der Waals surface area contributed by atoms with Crippen molar-refractivity contribution in [3.8, 4) is 5.75 Å². The van der Waals surface area contributed by atoms with Gasteiger partial charge in [0.25, 0.3) is 10.0 Å². The molecule has 1 aromatic carbocycles. The molecule has 2 heterocycles. The molecule has 0 aliphatic rings. The van der Waals surface area contributed by atoms with Crippen LogP contribution in [-0.2, 0) is 16.4 Å². The van der Waals surface area contributed by atoms with Crippen LogP contribution in [0, 0.1) is 0 Å². The van der Waals surface area contributed by atoms with E-state index in [0.717, 1.165) is 22.9 Å². The van der Waals surface area contributed by atoms with Crippen molar-refractivity contribution in [2.45, 2.75) is 12.8 Å². The van der Waals surface area contributed by atoms with E-state index in [2.05, 4.69) is 14.4 Å². The zero-order chi connectivity index (χ0) is 17.0. The van der Waals surface area contributed by atoms with E-state index >= 15 is 0 Å². The molecule has 0 bridgehead atoms. The van der Waals surface area contributed by atoms with Gasteiger partial charge in [0.2, 0.25) is 5.90 Å². The quantitative estimate of drug-likeness (QED) is 0.570. The van der Waals surface area contributed by atoms with Crippen molar-refractivity contribution in [1.29, 1.82) is 0 Å². The summed E-state index contributed by atoms with van der Waals surface area (Å²) in [5.41, 5.74) is 1.86. The van der Waals surface area contributed by atoms with Crippen molar-refractivity contribution in [2.24, 2.45) is 4.40 Å². The molecule has 0 unspecified atom stereocenters. The highest BCUT2D eigenvalue weighted by Gasteiger charge is 2.10. The number of aromatic amines is 1. The van der Waals surface area contributed by atoms with Gasteiger partial charge >= 0.3 is 0 Å². The highest BCUT2D eigenvalue weighted by Crippen LogP contribution is 2.18. The molecule has 7 heteroatoms. The van der Waals surface area contributed by atoms with Crippen molar-refractivity contribution in [3.05, 3.63) is 60.4 Å². The van der Waals surface area contributed by atoms with Gasteiger partial charge in [0.05, 0.1) is 6.26 Å². The van der Waals surface area contributed by atoms with Crippen LogP contribution >= 0.6 is 0 Å². The highest BCUT2D eigenvalue weighted by atomic mass is 32.2. The predicted octanol–water partition coefficient (Wildman–Crippen LogP) is 2.93. The second kappa shape index (κ2) is 6.84. The lowest BCUT2D eigenvalue weighted by Crippen LogP contribution is -2.12. The van der Waals surface area contributed by atoms with Crippen LogP contribution in [0.2, 0.25) is 0 Å². The molecule has 0 aliphatic carbocycles. The third-order valence-electron chi connectivity index (χ3n) is 3.41. The number of H-pyrrole nitrogens is 1. The zero-order valence-corrected chi connectivity index (χ0v) is 14.0. The second-order valence-electron chi connectivity index (χ2n) is 5.34. The molecule has 3 rings (SSSR count). The van der Waals surface area contributed by atoms with Crippen molar-refractivity contribution >= 4 is 27.0 Å². The van der Waals surface area contributed by atoms with Gasteiger partial charge in [-0.2, -0.15) is 0 Å². The molecule has 0 spiro atoms. The van der Waals surface area contributed by atoms with E-state index in [-0.39, 0.29) is 5.90 Å². The highest BCUT2D eigenvalue weighted by molar-refractivity contribution is 7.89. The average molecular weight is 343 g/mol. The minimum Gasteiger partial charge on any atom is -0.442 e. The van der Waals surface area contributed by atoms with Crippen LogP contribution in [0.3, 0.4) is 0 Å². The SMILES string of the molecule is CS(=O)(=O)N=C(CCc1ccnc2[nH]ccc12)Oc1ccccc1. The Hall–Kier alpha value is -2.67. The van der Waals surface area contributed by atoms with Gasteiger partial charge in [-0.05, 0) is 36.2 Å². The number of nitrogens with zero attached hydrogens (tertiary/aromatic N) is 2.